The van der Waals surface area contributed by atoms with E-state index < -0.39 is 41.6 Å². The van der Waals surface area contributed by atoms with Crippen LogP contribution in [-0.2, 0) is 30.5 Å². The zero-order chi connectivity index (χ0) is 25.3. The highest BCUT2D eigenvalue weighted by atomic mass is 16.6. The molecule has 2 N–H and O–H groups in total. The maximum atomic E-state index is 13.4. The zero-order valence-electron chi connectivity index (χ0n) is 21.1. The number of ether oxygens (including phenoxy) is 2. The number of benzene rings is 1. The standard InChI is InChI=1S/C25H40N2O6/c1-9-17(4)20(33-24(30)21(26-7)25(5,6)31)22(28)27(8)19(16(2)3)23(29)32-15-18-13-11-10-12-14-18/h10-14,16-17,19-21,26,31H,9,15H2,1-8H3/t17-,19+,20-,21-/m1/s1. The summed E-state index contributed by atoms with van der Waals surface area (Å²) in [5.41, 5.74) is -0.541. The number of hydrogen-bond donors (Lipinski definition) is 2. The molecule has 8 nitrogen and oxygen atoms in total. The van der Waals surface area contributed by atoms with E-state index in [0.717, 1.165) is 5.56 Å². The smallest absolute Gasteiger partial charge is 0.329 e. The normalized spacial score (nSPS) is 15.3. The average Bonchev–Trinajstić information content (AvgIpc) is 2.75. The van der Waals surface area contributed by atoms with Gasteiger partial charge in [0.25, 0.3) is 5.91 Å². The lowest BCUT2D eigenvalue weighted by molar-refractivity contribution is -0.172. The topological polar surface area (TPSA) is 105 Å². The summed E-state index contributed by atoms with van der Waals surface area (Å²) in [5, 5.41) is 13.0. The van der Waals surface area contributed by atoms with Crippen molar-refractivity contribution in [2.24, 2.45) is 11.8 Å². The molecule has 0 aliphatic carbocycles. The van der Waals surface area contributed by atoms with Gasteiger partial charge in [-0.2, -0.15) is 0 Å². The molecule has 33 heavy (non-hydrogen) atoms. The fourth-order valence-corrected chi connectivity index (χ4v) is 3.61. The number of amides is 1. The average molecular weight is 465 g/mol. The summed E-state index contributed by atoms with van der Waals surface area (Å²) in [7, 11) is 3.05. The number of nitrogens with zero attached hydrogens (tertiary/aromatic N) is 1. The molecule has 1 aromatic carbocycles. The van der Waals surface area contributed by atoms with Crippen LogP contribution in [-0.4, -0.2) is 65.7 Å². The lowest BCUT2D eigenvalue weighted by Gasteiger charge is -2.35. The van der Waals surface area contributed by atoms with E-state index in [1.54, 1.807) is 6.92 Å². The van der Waals surface area contributed by atoms with Crippen molar-refractivity contribution in [3.8, 4) is 0 Å². The number of hydrogen-bond acceptors (Lipinski definition) is 7. The van der Waals surface area contributed by atoms with Crippen LogP contribution < -0.4 is 5.32 Å². The Morgan fingerprint density at radius 1 is 1.09 bits per heavy atom. The largest absolute Gasteiger partial charge is 0.459 e. The molecule has 0 saturated heterocycles. The molecule has 0 bridgehead atoms. The molecule has 1 amide bonds. The predicted octanol–water partition coefficient (Wildman–Crippen LogP) is 2.53. The summed E-state index contributed by atoms with van der Waals surface area (Å²) in [5.74, 6) is -2.26. The Morgan fingerprint density at radius 3 is 2.12 bits per heavy atom. The molecule has 0 aliphatic rings. The molecule has 0 spiro atoms. The van der Waals surface area contributed by atoms with Crippen molar-refractivity contribution in [3.05, 3.63) is 35.9 Å². The third kappa shape index (κ3) is 8.12. The summed E-state index contributed by atoms with van der Waals surface area (Å²) in [6.45, 7) is 10.4. The molecule has 0 aromatic heterocycles. The summed E-state index contributed by atoms with van der Waals surface area (Å²) >= 11 is 0. The van der Waals surface area contributed by atoms with Crippen molar-refractivity contribution in [2.45, 2.75) is 78.4 Å². The van der Waals surface area contributed by atoms with E-state index in [1.165, 1.54) is 32.8 Å². The molecular weight excluding hydrogens is 424 g/mol. The Balaban J connectivity index is 3.05. The lowest BCUT2D eigenvalue weighted by atomic mass is 9.96. The maximum Gasteiger partial charge on any atom is 0.329 e. The minimum Gasteiger partial charge on any atom is -0.459 e. The first-order valence-corrected chi connectivity index (χ1v) is 11.4. The van der Waals surface area contributed by atoms with E-state index in [4.69, 9.17) is 9.47 Å². The Bertz CT molecular complexity index is 775. The van der Waals surface area contributed by atoms with Gasteiger partial charge in [-0.3, -0.25) is 9.59 Å². The van der Waals surface area contributed by atoms with E-state index in [2.05, 4.69) is 5.32 Å². The summed E-state index contributed by atoms with van der Waals surface area (Å²) in [6, 6.07) is 7.44. The van der Waals surface area contributed by atoms with Crippen LogP contribution in [0.2, 0.25) is 0 Å². The molecule has 0 aliphatic heterocycles. The second-order valence-corrected chi connectivity index (χ2v) is 9.35. The first-order valence-electron chi connectivity index (χ1n) is 11.4. The van der Waals surface area contributed by atoms with Gasteiger partial charge in [-0.05, 0) is 38.8 Å². The summed E-state index contributed by atoms with van der Waals surface area (Å²) in [6.07, 6.45) is -0.524. The van der Waals surface area contributed by atoms with Gasteiger partial charge in [0, 0.05) is 13.0 Å². The Hall–Kier alpha value is -2.45. The van der Waals surface area contributed by atoms with Gasteiger partial charge < -0.3 is 24.8 Å². The number of aliphatic hydroxyl groups is 1. The van der Waals surface area contributed by atoms with Crippen LogP contribution in [0.5, 0.6) is 0 Å². The van der Waals surface area contributed by atoms with Crippen LogP contribution in [0.15, 0.2) is 30.3 Å². The molecule has 8 heteroatoms. The number of likely N-dealkylation sites (N-methyl/N-ethyl adjacent to an activating group) is 2. The van der Waals surface area contributed by atoms with Gasteiger partial charge in [0.1, 0.15) is 18.7 Å². The van der Waals surface area contributed by atoms with Gasteiger partial charge in [-0.1, -0.05) is 58.0 Å². The van der Waals surface area contributed by atoms with Gasteiger partial charge in [-0.25, -0.2) is 4.79 Å². The quantitative estimate of drug-likeness (QED) is 0.458. The first kappa shape index (κ1) is 28.6. The van der Waals surface area contributed by atoms with Gasteiger partial charge in [0.15, 0.2) is 6.10 Å². The van der Waals surface area contributed by atoms with Crippen molar-refractivity contribution in [2.75, 3.05) is 14.1 Å². The number of esters is 2. The molecular formula is C25H40N2O6. The highest BCUT2D eigenvalue weighted by Crippen LogP contribution is 2.21. The van der Waals surface area contributed by atoms with Crippen molar-refractivity contribution in [1.29, 1.82) is 0 Å². The third-order valence-corrected chi connectivity index (χ3v) is 5.74. The second-order valence-electron chi connectivity index (χ2n) is 9.35. The highest BCUT2D eigenvalue weighted by Gasteiger charge is 2.41. The SMILES string of the molecule is CC[C@@H](C)[C@@H](OC(=O)[C@@H](NC)C(C)(C)O)C(=O)N(C)[C@H](C(=O)OCc1ccccc1)C(C)C. The van der Waals surface area contributed by atoms with Crippen LogP contribution in [0.1, 0.15) is 53.5 Å². The van der Waals surface area contributed by atoms with Crippen molar-refractivity contribution in [3.63, 3.8) is 0 Å². The van der Waals surface area contributed by atoms with Crippen molar-refractivity contribution >= 4 is 17.8 Å². The van der Waals surface area contributed by atoms with Crippen molar-refractivity contribution in [1.82, 2.24) is 10.2 Å². The Labute approximate surface area is 197 Å². The van der Waals surface area contributed by atoms with Crippen LogP contribution in [0.3, 0.4) is 0 Å². The summed E-state index contributed by atoms with van der Waals surface area (Å²) < 4.78 is 11.1. The monoisotopic (exact) mass is 464 g/mol. The van der Waals surface area contributed by atoms with Crippen LogP contribution in [0, 0.1) is 11.8 Å². The van der Waals surface area contributed by atoms with Gasteiger partial charge >= 0.3 is 11.9 Å². The molecule has 0 unspecified atom stereocenters. The highest BCUT2D eigenvalue weighted by molar-refractivity contribution is 5.89. The maximum absolute atomic E-state index is 13.4. The molecule has 186 valence electrons. The molecule has 0 radical (unpaired) electrons. The molecule has 0 fully saturated rings. The summed E-state index contributed by atoms with van der Waals surface area (Å²) in [4.78, 5) is 40.4. The van der Waals surface area contributed by atoms with Crippen LogP contribution in [0.4, 0.5) is 0 Å². The molecule has 1 rings (SSSR count). The number of carbonyl (C=O) groups excluding carboxylic acids is 3. The third-order valence-electron chi connectivity index (χ3n) is 5.74. The molecule has 0 heterocycles. The predicted molar refractivity (Wildman–Crippen MR) is 126 cm³/mol. The lowest BCUT2D eigenvalue weighted by Crippen LogP contribution is -2.55. The van der Waals surface area contributed by atoms with E-state index in [-0.39, 0.29) is 18.4 Å². The number of rotatable bonds is 12. The minimum atomic E-state index is -1.39. The van der Waals surface area contributed by atoms with E-state index in [9.17, 15) is 19.5 Å². The second kappa shape index (κ2) is 12.7. The van der Waals surface area contributed by atoms with Crippen LogP contribution >= 0.6 is 0 Å². The van der Waals surface area contributed by atoms with E-state index in [1.807, 2.05) is 51.1 Å². The van der Waals surface area contributed by atoms with Crippen molar-refractivity contribution < 1.29 is 29.0 Å². The van der Waals surface area contributed by atoms with E-state index >= 15 is 0 Å². The number of nitrogens with one attached hydrogen (secondary N) is 1. The molecule has 4 atom stereocenters. The minimum absolute atomic E-state index is 0.101. The van der Waals surface area contributed by atoms with Gasteiger partial charge in [-0.15, -0.1) is 0 Å². The van der Waals surface area contributed by atoms with Crippen LogP contribution in [0.25, 0.3) is 0 Å². The van der Waals surface area contributed by atoms with E-state index in [0.29, 0.717) is 6.42 Å². The Kier molecular flexibility index (Phi) is 11.0. The van der Waals surface area contributed by atoms with Gasteiger partial charge in [0.2, 0.25) is 0 Å². The zero-order valence-corrected chi connectivity index (χ0v) is 21.1. The molecule has 0 saturated carbocycles. The fraction of sp³-hybridized carbons (Fsp3) is 0.640. The number of carbonyl (C=O) groups is 3. The Morgan fingerprint density at radius 2 is 1.67 bits per heavy atom. The van der Waals surface area contributed by atoms with Gasteiger partial charge in [0.05, 0.1) is 5.60 Å². The molecule has 1 aromatic rings. The first-order chi connectivity index (χ1) is 15.3. The fourth-order valence-electron chi connectivity index (χ4n) is 3.61.